The molecule has 0 bridgehead atoms. The van der Waals surface area contributed by atoms with Crippen LogP contribution in [0.1, 0.15) is 6.92 Å². The van der Waals surface area contributed by atoms with Gasteiger partial charge in [-0.2, -0.15) is 0 Å². The zero-order chi connectivity index (χ0) is 20.4. The van der Waals surface area contributed by atoms with Crippen LogP contribution in [0, 0.1) is 0 Å². The fourth-order valence-corrected chi connectivity index (χ4v) is 5.33. The number of thioether (sulfide) groups is 1. The van der Waals surface area contributed by atoms with Crippen molar-refractivity contribution in [3.8, 4) is 11.3 Å². The molecule has 1 N–H and O–H groups in total. The number of nitrogens with one attached hydrogen (secondary N) is 1. The maximum atomic E-state index is 13.0. The third kappa shape index (κ3) is 3.70. The monoisotopic (exact) mass is 426 g/mol. The van der Waals surface area contributed by atoms with Crippen LogP contribution in [0.15, 0.2) is 70.8 Å². The normalized spacial score (nSPS) is 14.0. The van der Waals surface area contributed by atoms with E-state index in [0.717, 1.165) is 17.3 Å². The van der Waals surface area contributed by atoms with Gasteiger partial charge in [-0.25, -0.2) is 18.4 Å². The maximum absolute atomic E-state index is 13.0. The van der Waals surface area contributed by atoms with Crippen molar-refractivity contribution in [3.05, 3.63) is 60.8 Å². The molecule has 148 valence electrons. The summed E-state index contributed by atoms with van der Waals surface area (Å²) in [5.41, 5.74) is 2.41. The predicted molar refractivity (Wildman–Crippen MR) is 113 cm³/mol. The summed E-state index contributed by atoms with van der Waals surface area (Å²) in [6.07, 6.45) is 1.33. The second-order valence-corrected chi connectivity index (χ2v) is 9.03. The number of sulfonamides is 1. The number of anilines is 2. The Morgan fingerprint density at radius 1 is 1.10 bits per heavy atom. The van der Waals surface area contributed by atoms with E-state index in [1.54, 1.807) is 31.2 Å². The van der Waals surface area contributed by atoms with Crippen LogP contribution in [-0.4, -0.2) is 36.6 Å². The van der Waals surface area contributed by atoms with Crippen LogP contribution < -0.4 is 9.62 Å². The molecule has 1 aliphatic rings. The van der Waals surface area contributed by atoms with Gasteiger partial charge in [0.1, 0.15) is 4.90 Å². The molecule has 9 heteroatoms. The Hall–Kier alpha value is -2.91. The number of rotatable bonds is 5. The Morgan fingerprint density at radius 3 is 2.59 bits per heavy atom. The van der Waals surface area contributed by atoms with Gasteiger partial charge in [0, 0.05) is 17.8 Å². The van der Waals surface area contributed by atoms with E-state index in [0.29, 0.717) is 28.8 Å². The third-order valence-corrected chi connectivity index (χ3v) is 7.16. The Morgan fingerprint density at radius 2 is 1.83 bits per heavy atom. The number of hydrogen-bond acceptors (Lipinski definition) is 6. The molecule has 3 aromatic rings. The zero-order valence-corrected chi connectivity index (χ0v) is 17.2. The molecule has 1 aliphatic heterocycles. The highest BCUT2D eigenvalue weighted by molar-refractivity contribution is 7.99. The van der Waals surface area contributed by atoms with Gasteiger partial charge >= 0.3 is 0 Å². The molecule has 1 amide bonds. The van der Waals surface area contributed by atoms with E-state index in [-0.39, 0.29) is 16.6 Å². The van der Waals surface area contributed by atoms with Gasteiger partial charge < -0.3 is 5.32 Å². The highest BCUT2D eigenvalue weighted by Crippen LogP contribution is 2.41. The molecule has 0 radical (unpaired) electrons. The average Bonchev–Trinajstić information content (AvgIpc) is 2.73. The molecule has 0 saturated heterocycles. The average molecular weight is 427 g/mol. The molecular weight excluding hydrogens is 408 g/mol. The third-order valence-electron chi connectivity index (χ3n) is 4.41. The Labute approximate surface area is 173 Å². The van der Waals surface area contributed by atoms with Gasteiger partial charge in [-0.1, -0.05) is 48.2 Å². The van der Waals surface area contributed by atoms with E-state index < -0.39 is 10.0 Å². The predicted octanol–water partition coefficient (Wildman–Crippen LogP) is 3.40. The van der Waals surface area contributed by atoms with Crippen LogP contribution in [0.2, 0.25) is 0 Å². The van der Waals surface area contributed by atoms with Gasteiger partial charge in [0.2, 0.25) is 5.91 Å². The first kappa shape index (κ1) is 19.4. The number of aromatic nitrogens is 2. The van der Waals surface area contributed by atoms with E-state index in [4.69, 9.17) is 0 Å². The largest absolute Gasteiger partial charge is 0.325 e. The lowest BCUT2D eigenvalue weighted by Crippen LogP contribution is -2.34. The Balaban J connectivity index is 1.60. The summed E-state index contributed by atoms with van der Waals surface area (Å²) in [7, 11) is -3.72. The van der Waals surface area contributed by atoms with Crippen molar-refractivity contribution in [2.24, 2.45) is 0 Å². The van der Waals surface area contributed by atoms with Crippen molar-refractivity contribution in [3.63, 3.8) is 0 Å². The number of carbonyl (C=O) groups is 1. The van der Waals surface area contributed by atoms with Crippen LogP contribution in [0.5, 0.6) is 0 Å². The summed E-state index contributed by atoms with van der Waals surface area (Å²) < 4.78 is 27.3. The summed E-state index contributed by atoms with van der Waals surface area (Å²) in [5.74, 6) is -0.0731. The minimum Gasteiger partial charge on any atom is -0.325 e. The molecule has 2 aromatic carbocycles. The maximum Gasteiger partial charge on any atom is 0.268 e. The number of amides is 1. The zero-order valence-electron chi connectivity index (χ0n) is 15.6. The molecule has 0 spiro atoms. The van der Waals surface area contributed by atoms with Crippen molar-refractivity contribution in [2.45, 2.75) is 17.0 Å². The topological polar surface area (TPSA) is 92.3 Å². The minimum absolute atomic E-state index is 0.0798. The SMILES string of the molecule is CCN1c2ccccc2-c2nc(SCC(=O)Nc3ccccc3)ncc2S1(=O)=O. The summed E-state index contributed by atoms with van der Waals surface area (Å²) in [5, 5.41) is 3.15. The fraction of sp³-hybridized carbons (Fsp3) is 0.150. The van der Waals surface area contributed by atoms with E-state index >= 15 is 0 Å². The number of nitrogens with zero attached hydrogens (tertiary/aromatic N) is 3. The van der Waals surface area contributed by atoms with Gasteiger partial charge in [0.25, 0.3) is 10.0 Å². The molecule has 0 fully saturated rings. The van der Waals surface area contributed by atoms with Crippen LogP contribution in [0.4, 0.5) is 11.4 Å². The number of benzene rings is 2. The number of hydrogen-bond donors (Lipinski definition) is 1. The molecule has 0 aliphatic carbocycles. The molecule has 0 atom stereocenters. The van der Waals surface area contributed by atoms with Gasteiger partial charge in [0.05, 0.1) is 23.3 Å². The Bertz CT molecular complexity index is 1170. The second-order valence-electron chi connectivity index (χ2n) is 6.26. The Kier molecular flexibility index (Phi) is 5.25. The number of carbonyl (C=O) groups excluding carboxylic acids is 1. The van der Waals surface area contributed by atoms with Crippen molar-refractivity contribution >= 4 is 39.1 Å². The van der Waals surface area contributed by atoms with Crippen LogP contribution in [-0.2, 0) is 14.8 Å². The van der Waals surface area contributed by atoms with Crippen molar-refractivity contribution in [1.29, 1.82) is 0 Å². The van der Waals surface area contributed by atoms with Gasteiger partial charge in [-0.15, -0.1) is 0 Å². The number of fused-ring (bicyclic) bond motifs is 3. The molecule has 7 nitrogen and oxygen atoms in total. The molecular formula is C20H18N4O3S2. The first-order valence-corrected chi connectivity index (χ1v) is 11.4. The first-order valence-electron chi connectivity index (χ1n) is 8.97. The van der Waals surface area contributed by atoms with E-state index in [9.17, 15) is 13.2 Å². The van der Waals surface area contributed by atoms with Crippen LogP contribution in [0.25, 0.3) is 11.3 Å². The van der Waals surface area contributed by atoms with E-state index in [1.165, 1.54) is 10.5 Å². The molecule has 4 rings (SSSR count). The number of para-hydroxylation sites is 2. The highest BCUT2D eigenvalue weighted by atomic mass is 32.2. The fourth-order valence-electron chi connectivity index (χ4n) is 3.13. The minimum atomic E-state index is -3.72. The first-order chi connectivity index (χ1) is 14.0. The molecule has 29 heavy (non-hydrogen) atoms. The smallest absolute Gasteiger partial charge is 0.268 e. The van der Waals surface area contributed by atoms with Gasteiger partial charge in [-0.3, -0.25) is 9.10 Å². The summed E-state index contributed by atoms with van der Waals surface area (Å²) in [6, 6.07) is 16.4. The van der Waals surface area contributed by atoms with Gasteiger partial charge in [0.15, 0.2) is 5.16 Å². The van der Waals surface area contributed by atoms with E-state index in [1.807, 2.05) is 30.3 Å². The molecule has 1 aromatic heterocycles. The van der Waals surface area contributed by atoms with Crippen LogP contribution >= 0.6 is 11.8 Å². The summed E-state index contributed by atoms with van der Waals surface area (Å²) in [4.78, 5) is 20.9. The van der Waals surface area contributed by atoms with Crippen molar-refractivity contribution < 1.29 is 13.2 Å². The second kappa shape index (κ2) is 7.84. The summed E-state index contributed by atoms with van der Waals surface area (Å²) >= 11 is 1.16. The highest BCUT2D eigenvalue weighted by Gasteiger charge is 2.35. The molecule has 0 unspecified atom stereocenters. The molecule has 2 heterocycles. The quantitative estimate of drug-likeness (QED) is 0.497. The molecule has 0 saturated carbocycles. The lowest BCUT2D eigenvalue weighted by molar-refractivity contribution is -0.113. The van der Waals surface area contributed by atoms with Crippen LogP contribution in [0.3, 0.4) is 0 Å². The van der Waals surface area contributed by atoms with Gasteiger partial charge in [-0.05, 0) is 25.1 Å². The standard InChI is InChI=1S/C20H18N4O3S2/c1-2-24-16-11-7-6-10-15(16)19-17(29(24,26)27)12-21-20(23-19)28-13-18(25)22-14-8-4-3-5-9-14/h3-12H,2,13H2,1H3,(H,22,25). The van der Waals surface area contributed by atoms with Crippen molar-refractivity contribution in [2.75, 3.05) is 21.9 Å². The lowest BCUT2D eigenvalue weighted by Gasteiger charge is -2.30. The van der Waals surface area contributed by atoms with E-state index in [2.05, 4.69) is 15.3 Å². The summed E-state index contributed by atoms with van der Waals surface area (Å²) in [6.45, 7) is 2.10. The van der Waals surface area contributed by atoms with Crippen molar-refractivity contribution in [1.82, 2.24) is 9.97 Å². The lowest BCUT2D eigenvalue weighted by atomic mass is 10.1.